The van der Waals surface area contributed by atoms with Gasteiger partial charge in [0.25, 0.3) is 0 Å². The predicted octanol–water partition coefficient (Wildman–Crippen LogP) is 2.69. The number of aliphatic hydroxyl groups is 2. The molecule has 0 spiro atoms. The van der Waals surface area contributed by atoms with E-state index < -0.39 is 0 Å². The van der Waals surface area contributed by atoms with Crippen LogP contribution >= 0.6 is 0 Å². The molecule has 126 valence electrons. The van der Waals surface area contributed by atoms with Gasteiger partial charge < -0.3 is 15.9 Å². The molecule has 0 radical (unpaired) electrons. The van der Waals surface area contributed by atoms with Crippen molar-refractivity contribution in [1.82, 2.24) is 0 Å². The quantitative estimate of drug-likeness (QED) is 0.644. The van der Waals surface area contributed by atoms with Crippen LogP contribution in [0.15, 0.2) is 0 Å². The van der Waals surface area contributed by atoms with Gasteiger partial charge in [0.1, 0.15) is 0 Å². The minimum atomic E-state index is -0.234. The zero-order valence-electron chi connectivity index (χ0n) is 14.2. The normalized spacial score (nSPS) is 61.2. The van der Waals surface area contributed by atoms with Crippen LogP contribution in [0, 0.1) is 34.5 Å². The molecule has 0 bridgehead atoms. The van der Waals surface area contributed by atoms with Gasteiger partial charge in [-0.2, -0.15) is 0 Å². The van der Waals surface area contributed by atoms with Gasteiger partial charge in [0, 0.05) is 6.04 Å². The van der Waals surface area contributed by atoms with Crippen LogP contribution in [0.25, 0.3) is 0 Å². The highest BCUT2D eigenvalue weighted by Crippen LogP contribution is 2.65. The molecule has 0 aliphatic heterocycles. The molecule has 0 amide bonds. The summed E-state index contributed by atoms with van der Waals surface area (Å²) >= 11 is 0. The Kier molecular flexibility index (Phi) is 3.46. The minimum Gasteiger partial charge on any atom is -0.393 e. The van der Waals surface area contributed by atoms with Crippen molar-refractivity contribution in [3.05, 3.63) is 0 Å². The zero-order chi connectivity index (χ0) is 15.7. The maximum Gasteiger partial charge on any atom is 0.0582 e. The summed E-state index contributed by atoms with van der Waals surface area (Å²) in [6.45, 7) is 4.76. The fraction of sp³-hybridized carbons (Fsp3) is 1.00. The summed E-state index contributed by atoms with van der Waals surface area (Å²) in [5.74, 6) is 2.29. The lowest BCUT2D eigenvalue weighted by atomic mass is 9.43. The molecule has 4 aliphatic carbocycles. The van der Waals surface area contributed by atoms with Crippen LogP contribution in [0.5, 0.6) is 0 Å². The van der Waals surface area contributed by atoms with E-state index in [1.807, 2.05) is 0 Å². The molecule has 0 aromatic heterocycles. The van der Waals surface area contributed by atoms with Crippen molar-refractivity contribution in [2.75, 3.05) is 0 Å². The molecule has 3 heteroatoms. The second-order valence-corrected chi connectivity index (χ2v) is 9.49. The second-order valence-electron chi connectivity index (χ2n) is 9.49. The van der Waals surface area contributed by atoms with E-state index in [-0.39, 0.29) is 23.7 Å². The highest BCUT2D eigenvalue weighted by molar-refractivity contribution is 5.13. The number of hydrogen-bond acceptors (Lipinski definition) is 3. The molecule has 4 aliphatic rings. The van der Waals surface area contributed by atoms with Crippen LogP contribution in [0.3, 0.4) is 0 Å². The SMILES string of the molecule is CC12CCCC1C1CCC3CC(O)CC(N)C3(C)C1C(O)C2. The molecule has 9 unspecified atom stereocenters. The number of rotatable bonds is 0. The van der Waals surface area contributed by atoms with Gasteiger partial charge in [0.05, 0.1) is 12.2 Å². The smallest absolute Gasteiger partial charge is 0.0582 e. The largest absolute Gasteiger partial charge is 0.393 e. The molecule has 0 saturated heterocycles. The average molecular weight is 307 g/mol. The summed E-state index contributed by atoms with van der Waals surface area (Å²) < 4.78 is 0. The first kappa shape index (κ1) is 15.4. The van der Waals surface area contributed by atoms with E-state index in [0.717, 1.165) is 18.8 Å². The lowest BCUT2D eigenvalue weighted by molar-refractivity contribution is -0.178. The maximum absolute atomic E-state index is 11.1. The molecular weight excluding hydrogens is 274 g/mol. The van der Waals surface area contributed by atoms with Gasteiger partial charge in [-0.25, -0.2) is 0 Å². The first-order chi connectivity index (χ1) is 10.4. The van der Waals surface area contributed by atoms with Gasteiger partial charge in [-0.15, -0.1) is 0 Å². The summed E-state index contributed by atoms with van der Waals surface area (Å²) in [5.41, 5.74) is 6.96. The second kappa shape index (κ2) is 4.94. The molecule has 4 N–H and O–H groups in total. The van der Waals surface area contributed by atoms with Crippen LogP contribution in [0.2, 0.25) is 0 Å². The fourth-order valence-corrected chi connectivity index (χ4v) is 7.51. The minimum absolute atomic E-state index is 0.0193. The Hall–Kier alpha value is -0.120. The van der Waals surface area contributed by atoms with E-state index in [1.165, 1.54) is 32.1 Å². The fourth-order valence-electron chi connectivity index (χ4n) is 7.51. The Labute approximate surface area is 134 Å². The summed E-state index contributed by atoms with van der Waals surface area (Å²) in [6.07, 6.45) is 8.56. The molecule has 4 saturated carbocycles. The Morgan fingerprint density at radius 2 is 1.82 bits per heavy atom. The highest BCUT2D eigenvalue weighted by Gasteiger charge is 2.62. The maximum atomic E-state index is 11.1. The molecule has 4 rings (SSSR count). The van der Waals surface area contributed by atoms with Crippen LogP contribution in [-0.2, 0) is 0 Å². The number of aliphatic hydroxyl groups excluding tert-OH is 2. The molecule has 3 nitrogen and oxygen atoms in total. The van der Waals surface area contributed by atoms with Gasteiger partial charge in [0.2, 0.25) is 0 Å². The zero-order valence-corrected chi connectivity index (χ0v) is 14.2. The third-order valence-electron chi connectivity index (χ3n) is 8.55. The molecule has 4 fully saturated rings. The van der Waals surface area contributed by atoms with Gasteiger partial charge in [0.15, 0.2) is 0 Å². The standard InChI is InChI=1S/C19H33NO2/c1-18-7-3-4-14(18)13-6-5-11-8-12(21)9-16(20)19(11,2)17(13)15(22)10-18/h11-17,21-22H,3-10,20H2,1-2H3. The van der Waals surface area contributed by atoms with E-state index in [1.54, 1.807) is 0 Å². The monoisotopic (exact) mass is 307 g/mol. The molecule has 22 heavy (non-hydrogen) atoms. The Bertz CT molecular complexity index is 455. The summed E-state index contributed by atoms with van der Waals surface area (Å²) in [6, 6.07) is 0.0365. The molecule has 0 heterocycles. The van der Waals surface area contributed by atoms with Gasteiger partial charge in [-0.3, -0.25) is 0 Å². The van der Waals surface area contributed by atoms with Crippen LogP contribution in [0.4, 0.5) is 0 Å². The van der Waals surface area contributed by atoms with Crippen LogP contribution < -0.4 is 5.73 Å². The lowest BCUT2D eigenvalue weighted by Gasteiger charge is -2.63. The van der Waals surface area contributed by atoms with E-state index in [4.69, 9.17) is 5.73 Å². The summed E-state index contributed by atoms with van der Waals surface area (Å²) in [4.78, 5) is 0. The topological polar surface area (TPSA) is 66.5 Å². The summed E-state index contributed by atoms with van der Waals surface area (Å²) in [7, 11) is 0. The first-order valence-electron chi connectivity index (χ1n) is 9.48. The molecular formula is C19H33NO2. The van der Waals surface area contributed by atoms with Crippen molar-refractivity contribution in [3.63, 3.8) is 0 Å². The highest BCUT2D eigenvalue weighted by atomic mass is 16.3. The van der Waals surface area contributed by atoms with Gasteiger partial charge in [-0.1, -0.05) is 20.3 Å². The molecule has 0 aromatic rings. The van der Waals surface area contributed by atoms with Crippen molar-refractivity contribution in [3.8, 4) is 0 Å². The van der Waals surface area contributed by atoms with Crippen molar-refractivity contribution < 1.29 is 10.2 Å². The average Bonchev–Trinajstić information content (AvgIpc) is 2.81. The Morgan fingerprint density at radius 1 is 1.05 bits per heavy atom. The molecule has 9 atom stereocenters. The summed E-state index contributed by atoms with van der Waals surface area (Å²) in [5, 5.41) is 21.2. The van der Waals surface area contributed by atoms with E-state index in [2.05, 4.69) is 13.8 Å². The number of fused-ring (bicyclic) bond motifs is 5. The Morgan fingerprint density at radius 3 is 2.59 bits per heavy atom. The lowest BCUT2D eigenvalue weighted by Crippen LogP contribution is -2.64. The van der Waals surface area contributed by atoms with Crippen molar-refractivity contribution in [1.29, 1.82) is 0 Å². The van der Waals surface area contributed by atoms with Gasteiger partial charge >= 0.3 is 0 Å². The van der Waals surface area contributed by atoms with E-state index in [0.29, 0.717) is 29.6 Å². The van der Waals surface area contributed by atoms with Crippen LogP contribution in [0.1, 0.15) is 65.2 Å². The van der Waals surface area contributed by atoms with Crippen molar-refractivity contribution in [2.24, 2.45) is 40.2 Å². The van der Waals surface area contributed by atoms with Gasteiger partial charge in [-0.05, 0) is 79.4 Å². The van der Waals surface area contributed by atoms with Crippen molar-refractivity contribution in [2.45, 2.75) is 83.5 Å². The van der Waals surface area contributed by atoms with E-state index in [9.17, 15) is 10.2 Å². The first-order valence-corrected chi connectivity index (χ1v) is 9.48. The third kappa shape index (κ3) is 1.91. The number of hydrogen-bond donors (Lipinski definition) is 3. The van der Waals surface area contributed by atoms with Crippen LogP contribution in [-0.4, -0.2) is 28.5 Å². The third-order valence-corrected chi connectivity index (χ3v) is 8.55. The number of nitrogens with two attached hydrogens (primary N) is 1. The Balaban J connectivity index is 1.71. The van der Waals surface area contributed by atoms with E-state index >= 15 is 0 Å². The predicted molar refractivity (Wildman–Crippen MR) is 87.1 cm³/mol. The van der Waals surface area contributed by atoms with Crippen molar-refractivity contribution >= 4 is 0 Å². The molecule has 0 aromatic carbocycles.